The average molecular weight is 324 g/mol. The number of carbonyl (C=O) groups is 2. The van der Waals surface area contributed by atoms with Crippen LogP contribution in [0.25, 0.3) is 0 Å². The molecule has 1 amide bonds. The van der Waals surface area contributed by atoms with Crippen LogP contribution in [0.2, 0.25) is 0 Å². The molecule has 0 aliphatic carbocycles. The second kappa shape index (κ2) is 6.43. The maximum Gasteiger partial charge on any atom is 0.335 e. The van der Waals surface area contributed by atoms with Gasteiger partial charge in [-0.15, -0.1) is 0 Å². The van der Waals surface area contributed by atoms with Crippen molar-refractivity contribution in [2.24, 2.45) is 0 Å². The number of rotatable bonds is 3. The number of aryl methyl sites for hydroxylation is 1. The number of carbonyl (C=O) groups excluding carboxylic acids is 1. The van der Waals surface area contributed by atoms with Crippen LogP contribution in [0.1, 0.15) is 58.2 Å². The highest BCUT2D eigenvalue weighted by atomic mass is 16.4. The summed E-state index contributed by atoms with van der Waals surface area (Å²) in [4.78, 5) is 29.7. The zero-order valence-electron chi connectivity index (χ0n) is 13.8. The normalized spacial score (nSPS) is 13.7. The van der Waals surface area contributed by atoms with Crippen molar-refractivity contribution in [3.8, 4) is 0 Å². The van der Waals surface area contributed by atoms with Crippen LogP contribution in [0.15, 0.2) is 36.5 Å². The van der Waals surface area contributed by atoms with Crippen molar-refractivity contribution >= 4 is 17.6 Å². The fourth-order valence-corrected chi connectivity index (χ4v) is 3.01. The van der Waals surface area contributed by atoms with E-state index in [2.05, 4.69) is 31.0 Å². The van der Waals surface area contributed by atoms with E-state index in [4.69, 9.17) is 5.11 Å². The number of fused-ring (bicyclic) bond motifs is 1. The van der Waals surface area contributed by atoms with E-state index in [1.54, 1.807) is 4.90 Å². The third-order valence-electron chi connectivity index (χ3n) is 4.36. The summed E-state index contributed by atoms with van der Waals surface area (Å²) in [5.41, 5.74) is 3.55. The van der Waals surface area contributed by atoms with E-state index in [1.807, 2.05) is 6.07 Å². The number of carboxylic acids is 1. The fourth-order valence-electron chi connectivity index (χ4n) is 3.01. The lowest BCUT2D eigenvalue weighted by atomic mass is 9.94. The number of pyridine rings is 1. The molecule has 0 saturated heterocycles. The molecule has 2 heterocycles. The lowest BCUT2D eigenvalue weighted by Crippen LogP contribution is -2.36. The molecule has 0 radical (unpaired) electrons. The Bertz CT molecular complexity index is 799. The molecule has 0 bridgehead atoms. The molecule has 1 aliphatic rings. The van der Waals surface area contributed by atoms with Gasteiger partial charge in [0.25, 0.3) is 5.91 Å². The van der Waals surface area contributed by atoms with Gasteiger partial charge in [-0.2, -0.15) is 0 Å². The first-order valence-electron chi connectivity index (χ1n) is 8.11. The molecule has 0 fully saturated rings. The van der Waals surface area contributed by atoms with Crippen LogP contribution in [0.5, 0.6) is 0 Å². The zero-order valence-corrected chi connectivity index (χ0v) is 13.8. The molecule has 0 atom stereocenters. The second-order valence-electron chi connectivity index (χ2n) is 6.34. The molecular weight excluding hydrogens is 304 g/mol. The summed E-state index contributed by atoms with van der Waals surface area (Å²) in [5.74, 6) is -0.876. The molecule has 2 aromatic rings. The van der Waals surface area contributed by atoms with E-state index >= 15 is 0 Å². The lowest BCUT2D eigenvalue weighted by molar-refractivity contribution is 0.0696. The number of benzene rings is 1. The Morgan fingerprint density at radius 1 is 1.21 bits per heavy atom. The highest BCUT2D eigenvalue weighted by Gasteiger charge is 2.25. The summed E-state index contributed by atoms with van der Waals surface area (Å²) in [5, 5.41) is 9.09. The predicted octanol–water partition coefficient (Wildman–Crippen LogP) is 3.50. The molecule has 1 aromatic carbocycles. The van der Waals surface area contributed by atoms with Crippen molar-refractivity contribution in [3.63, 3.8) is 0 Å². The van der Waals surface area contributed by atoms with Crippen molar-refractivity contribution in [1.29, 1.82) is 0 Å². The van der Waals surface area contributed by atoms with E-state index in [9.17, 15) is 9.59 Å². The number of carboxylic acid groups (broad SMARTS) is 1. The van der Waals surface area contributed by atoms with Crippen LogP contribution in [0, 0.1) is 0 Å². The average Bonchev–Trinajstić information content (AvgIpc) is 2.60. The monoisotopic (exact) mass is 324 g/mol. The van der Waals surface area contributed by atoms with Gasteiger partial charge in [0.1, 0.15) is 5.69 Å². The molecule has 1 aromatic heterocycles. The minimum Gasteiger partial charge on any atom is -0.478 e. The Kier molecular flexibility index (Phi) is 4.34. The molecule has 0 spiro atoms. The van der Waals surface area contributed by atoms with Gasteiger partial charge in [0.15, 0.2) is 0 Å². The van der Waals surface area contributed by atoms with Gasteiger partial charge in [0.05, 0.1) is 5.56 Å². The van der Waals surface area contributed by atoms with Gasteiger partial charge in [-0.1, -0.05) is 26.0 Å². The Labute approximate surface area is 140 Å². The van der Waals surface area contributed by atoms with Gasteiger partial charge >= 0.3 is 5.97 Å². The number of amides is 1. The molecule has 124 valence electrons. The van der Waals surface area contributed by atoms with Crippen LogP contribution >= 0.6 is 0 Å². The number of hydrogen-bond acceptors (Lipinski definition) is 3. The van der Waals surface area contributed by atoms with Gasteiger partial charge in [0, 0.05) is 18.4 Å². The molecule has 5 heteroatoms. The maximum absolute atomic E-state index is 12.8. The van der Waals surface area contributed by atoms with E-state index in [1.165, 1.54) is 23.9 Å². The summed E-state index contributed by atoms with van der Waals surface area (Å²) in [6, 6.07) is 8.93. The first-order valence-corrected chi connectivity index (χ1v) is 8.11. The predicted molar refractivity (Wildman–Crippen MR) is 91.7 cm³/mol. The molecular formula is C19H20N2O3. The Hall–Kier alpha value is -2.69. The number of aromatic nitrogens is 1. The van der Waals surface area contributed by atoms with Crippen molar-refractivity contribution in [2.75, 3.05) is 11.4 Å². The molecule has 5 nitrogen and oxygen atoms in total. The smallest absolute Gasteiger partial charge is 0.335 e. The summed E-state index contributed by atoms with van der Waals surface area (Å²) >= 11 is 0. The van der Waals surface area contributed by atoms with Crippen LogP contribution in [-0.2, 0) is 6.42 Å². The number of anilines is 1. The van der Waals surface area contributed by atoms with Crippen molar-refractivity contribution in [3.05, 3.63) is 58.9 Å². The van der Waals surface area contributed by atoms with Gasteiger partial charge in [0.2, 0.25) is 0 Å². The number of hydrogen-bond donors (Lipinski definition) is 1. The van der Waals surface area contributed by atoms with Crippen molar-refractivity contribution in [1.82, 2.24) is 4.98 Å². The number of aromatic carboxylic acids is 1. The molecule has 0 saturated carbocycles. The van der Waals surface area contributed by atoms with Crippen LogP contribution < -0.4 is 4.90 Å². The van der Waals surface area contributed by atoms with E-state index in [-0.39, 0.29) is 17.2 Å². The van der Waals surface area contributed by atoms with Crippen molar-refractivity contribution < 1.29 is 14.7 Å². The van der Waals surface area contributed by atoms with Gasteiger partial charge < -0.3 is 10.0 Å². The first kappa shape index (κ1) is 16.2. The molecule has 24 heavy (non-hydrogen) atoms. The fraction of sp³-hybridized carbons (Fsp3) is 0.316. The highest BCUT2D eigenvalue weighted by molar-refractivity contribution is 6.06. The highest BCUT2D eigenvalue weighted by Crippen LogP contribution is 2.31. The standard InChI is InChI=1S/C19H20N2O3/c1-12(2)13-5-6-17-14(10-13)4-3-9-21(17)18(22)16-11-15(19(23)24)7-8-20-16/h5-8,10-12H,3-4,9H2,1-2H3,(H,23,24). The first-order chi connectivity index (χ1) is 11.5. The van der Waals surface area contributed by atoms with Crippen LogP contribution in [-0.4, -0.2) is 28.5 Å². The maximum atomic E-state index is 12.8. The second-order valence-corrected chi connectivity index (χ2v) is 6.34. The quantitative estimate of drug-likeness (QED) is 0.938. The Morgan fingerprint density at radius 3 is 2.71 bits per heavy atom. The van der Waals surface area contributed by atoms with Crippen molar-refractivity contribution in [2.45, 2.75) is 32.6 Å². The summed E-state index contributed by atoms with van der Waals surface area (Å²) in [6.07, 6.45) is 3.20. The topological polar surface area (TPSA) is 70.5 Å². The lowest BCUT2D eigenvalue weighted by Gasteiger charge is -2.30. The molecule has 1 aliphatic heterocycles. The third-order valence-corrected chi connectivity index (χ3v) is 4.36. The van der Waals surface area contributed by atoms with E-state index < -0.39 is 5.97 Å². The Morgan fingerprint density at radius 2 is 2.00 bits per heavy atom. The zero-order chi connectivity index (χ0) is 17.3. The minimum atomic E-state index is -1.06. The Balaban J connectivity index is 1.95. The van der Waals surface area contributed by atoms with Crippen LogP contribution in [0.3, 0.4) is 0 Å². The van der Waals surface area contributed by atoms with Gasteiger partial charge in [-0.25, -0.2) is 4.79 Å². The minimum absolute atomic E-state index is 0.0701. The summed E-state index contributed by atoms with van der Waals surface area (Å²) in [7, 11) is 0. The largest absolute Gasteiger partial charge is 0.478 e. The number of nitrogens with zero attached hydrogens (tertiary/aromatic N) is 2. The SMILES string of the molecule is CC(C)c1ccc2c(c1)CCCN2C(=O)c1cc(C(=O)O)ccn1. The van der Waals surface area contributed by atoms with Gasteiger partial charge in [-0.3, -0.25) is 9.78 Å². The van der Waals surface area contributed by atoms with E-state index in [0.29, 0.717) is 12.5 Å². The molecule has 3 rings (SSSR count). The van der Waals surface area contributed by atoms with Crippen LogP contribution in [0.4, 0.5) is 5.69 Å². The molecule has 0 unspecified atom stereocenters. The van der Waals surface area contributed by atoms with Gasteiger partial charge in [-0.05, 0) is 48.1 Å². The molecule has 1 N–H and O–H groups in total. The summed E-state index contributed by atoms with van der Waals surface area (Å²) in [6.45, 7) is 4.91. The third kappa shape index (κ3) is 3.02. The summed E-state index contributed by atoms with van der Waals surface area (Å²) < 4.78 is 0. The van der Waals surface area contributed by atoms with E-state index in [0.717, 1.165) is 24.1 Å².